The van der Waals surface area contributed by atoms with Crippen LogP contribution in [0.2, 0.25) is 0 Å². The van der Waals surface area contributed by atoms with E-state index in [2.05, 4.69) is 41.0 Å². The molecular weight excluding hydrogens is 252 g/mol. The van der Waals surface area contributed by atoms with E-state index in [0.717, 1.165) is 39.1 Å². The van der Waals surface area contributed by atoms with E-state index in [1.165, 1.54) is 5.56 Å². The number of carboxylic acid groups (broad SMARTS) is 1. The van der Waals surface area contributed by atoms with Crippen molar-refractivity contribution in [3.8, 4) is 0 Å². The van der Waals surface area contributed by atoms with Gasteiger partial charge in [-0.15, -0.1) is 0 Å². The predicted octanol–water partition coefficient (Wildman–Crippen LogP) is 2.06. The molecule has 1 heterocycles. The first-order valence-corrected chi connectivity index (χ1v) is 7.37. The minimum absolute atomic E-state index is 0.275. The van der Waals surface area contributed by atoms with Gasteiger partial charge in [-0.25, -0.2) is 0 Å². The number of carboxylic acids is 1. The van der Waals surface area contributed by atoms with Gasteiger partial charge in [0.15, 0.2) is 0 Å². The number of aliphatic carboxylic acids is 1. The summed E-state index contributed by atoms with van der Waals surface area (Å²) in [6, 6.07) is 11.1. The van der Waals surface area contributed by atoms with Crippen molar-refractivity contribution in [1.29, 1.82) is 0 Å². The van der Waals surface area contributed by atoms with Crippen molar-refractivity contribution in [3.63, 3.8) is 0 Å². The second-order valence-corrected chi connectivity index (χ2v) is 5.60. The molecule has 20 heavy (non-hydrogen) atoms. The summed E-state index contributed by atoms with van der Waals surface area (Å²) in [5.41, 5.74) is 1.36. The molecular formula is C16H24N2O2. The van der Waals surface area contributed by atoms with Gasteiger partial charge >= 0.3 is 5.97 Å². The van der Waals surface area contributed by atoms with Crippen LogP contribution in [0.3, 0.4) is 0 Å². The summed E-state index contributed by atoms with van der Waals surface area (Å²) >= 11 is 0. The highest BCUT2D eigenvalue weighted by molar-refractivity contribution is 5.66. The number of carbonyl (C=O) groups is 1. The first-order chi connectivity index (χ1) is 9.65. The molecule has 4 nitrogen and oxygen atoms in total. The van der Waals surface area contributed by atoms with Crippen LogP contribution in [0.5, 0.6) is 0 Å². The maximum absolute atomic E-state index is 10.6. The van der Waals surface area contributed by atoms with E-state index in [9.17, 15) is 4.79 Å². The lowest BCUT2D eigenvalue weighted by Gasteiger charge is -2.40. The van der Waals surface area contributed by atoms with Crippen LogP contribution in [-0.2, 0) is 11.3 Å². The summed E-state index contributed by atoms with van der Waals surface area (Å²) in [6.07, 6.45) is 1.02. The Morgan fingerprint density at radius 1 is 1.30 bits per heavy atom. The molecule has 0 spiro atoms. The topological polar surface area (TPSA) is 43.8 Å². The number of benzene rings is 1. The number of rotatable bonds is 6. The van der Waals surface area contributed by atoms with Gasteiger partial charge < -0.3 is 5.11 Å². The van der Waals surface area contributed by atoms with Crippen molar-refractivity contribution in [2.24, 2.45) is 0 Å². The first-order valence-electron chi connectivity index (χ1n) is 7.37. The summed E-state index contributed by atoms with van der Waals surface area (Å²) < 4.78 is 0. The zero-order valence-electron chi connectivity index (χ0n) is 12.2. The number of piperazine rings is 1. The predicted molar refractivity (Wildman–Crippen MR) is 79.6 cm³/mol. The molecule has 1 fully saturated rings. The third-order valence-corrected chi connectivity index (χ3v) is 3.93. The summed E-state index contributed by atoms with van der Waals surface area (Å²) in [5, 5.41) is 8.69. The minimum atomic E-state index is -0.694. The Labute approximate surface area is 121 Å². The van der Waals surface area contributed by atoms with Gasteiger partial charge in [-0.2, -0.15) is 0 Å². The van der Waals surface area contributed by atoms with Crippen molar-refractivity contribution >= 4 is 5.97 Å². The molecule has 4 heteroatoms. The van der Waals surface area contributed by atoms with E-state index >= 15 is 0 Å². The quantitative estimate of drug-likeness (QED) is 0.863. The van der Waals surface area contributed by atoms with Gasteiger partial charge in [-0.05, 0) is 25.5 Å². The molecule has 1 aliphatic rings. The number of nitrogens with zero attached hydrogens (tertiary/aromatic N) is 2. The Morgan fingerprint density at radius 2 is 2.05 bits per heavy atom. The third kappa shape index (κ3) is 4.62. The third-order valence-electron chi connectivity index (χ3n) is 3.93. The van der Waals surface area contributed by atoms with E-state index in [0.29, 0.717) is 6.04 Å². The fourth-order valence-corrected chi connectivity index (χ4v) is 2.82. The van der Waals surface area contributed by atoms with Crippen LogP contribution in [0.1, 0.15) is 25.3 Å². The van der Waals surface area contributed by atoms with E-state index in [-0.39, 0.29) is 6.42 Å². The van der Waals surface area contributed by atoms with Crippen LogP contribution >= 0.6 is 0 Å². The van der Waals surface area contributed by atoms with Crippen LogP contribution in [0, 0.1) is 0 Å². The Balaban J connectivity index is 1.75. The highest BCUT2D eigenvalue weighted by Gasteiger charge is 2.23. The molecule has 0 radical (unpaired) electrons. The average Bonchev–Trinajstić information content (AvgIpc) is 2.42. The summed E-state index contributed by atoms with van der Waals surface area (Å²) in [4.78, 5) is 15.4. The summed E-state index contributed by atoms with van der Waals surface area (Å²) in [7, 11) is 0. The molecule has 1 saturated heterocycles. The van der Waals surface area contributed by atoms with Crippen LogP contribution in [-0.4, -0.2) is 53.1 Å². The van der Waals surface area contributed by atoms with Crippen LogP contribution < -0.4 is 0 Å². The Morgan fingerprint density at radius 3 is 2.70 bits per heavy atom. The Bertz CT molecular complexity index is 422. The van der Waals surface area contributed by atoms with E-state index in [1.807, 2.05) is 6.07 Å². The smallest absolute Gasteiger partial charge is 0.303 e. The van der Waals surface area contributed by atoms with Gasteiger partial charge in [0.1, 0.15) is 0 Å². The SMILES string of the molecule is CC1CN(Cc2ccccc2)CCN1CCCC(=O)O. The van der Waals surface area contributed by atoms with E-state index < -0.39 is 5.97 Å². The maximum atomic E-state index is 10.6. The van der Waals surface area contributed by atoms with Gasteiger partial charge in [0.25, 0.3) is 0 Å². The number of hydrogen-bond donors (Lipinski definition) is 1. The normalized spacial score (nSPS) is 20.9. The lowest BCUT2D eigenvalue weighted by atomic mass is 10.1. The van der Waals surface area contributed by atoms with Gasteiger partial charge in [0.05, 0.1) is 0 Å². The molecule has 1 aliphatic heterocycles. The first kappa shape index (κ1) is 15.0. The van der Waals surface area contributed by atoms with Crippen LogP contribution in [0.15, 0.2) is 30.3 Å². The van der Waals surface area contributed by atoms with Gasteiger partial charge in [-0.1, -0.05) is 30.3 Å². The van der Waals surface area contributed by atoms with Crippen LogP contribution in [0.4, 0.5) is 0 Å². The minimum Gasteiger partial charge on any atom is -0.481 e. The second kappa shape index (κ2) is 7.41. The molecule has 2 rings (SSSR count). The van der Waals surface area contributed by atoms with Gasteiger partial charge in [0, 0.05) is 38.6 Å². The van der Waals surface area contributed by atoms with Gasteiger partial charge in [-0.3, -0.25) is 14.6 Å². The molecule has 1 atom stereocenters. The largest absolute Gasteiger partial charge is 0.481 e. The number of hydrogen-bond acceptors (Lipinski definition) is 3. The van der Waals surface area contributed by atoms with Crippen molar-refractivity contribution in [3.05, 3.63) is 35.9 Å². The molecule has 1 N–H and O–H groups in total. The molecule has 110 valence electrons. The molecule has 1 unspecified atom stereocenters. The molecule has 1 aromatic carbocycles. The van der Waals surface area contributed by atoms with Crippen molar-refractivity contribution in [2.45, 2.75) is 32.4 Å². The Hall–Kier alpha value is -1.39. The molecule has 0 aliphatic carbocycles. The molecule has 0 bridgehead atoms. The maximum Gasteiger partial charge on any atom is 0.303 e. The monoisotopic (exact) mass is 276 g/mol. The Kier molecular flexibility index (Phi) is 5.56. The van der Waals surface area contributed by atoms with Crippen LogP contribution in [0.25, 0.3) is 0 Å². The van der Waals surface area contributed by atoms with Crippen molar-refractivity contribution < 1.29 is 9.90 Å². The highest BCUT2D eigenvalue weighted by atomic mass is 16.4. The fraction of sp³-hybridized carbons (Fsp3) is 0.562. The average molecular weight is 276 g/mol. The standard InChI is InChI=1S/C16H24N2O2/c1-14-12-17(13-15-6-3-2-4-7-15)10-11-18(14)9-5-8-16(19)20/h2-4,6-7,14H,5,8-13H2,1H3,(H,19,20). The summed E-state index contributed by atoms with van der Waals surface area (Å²) in [6.45, 7) is 7.29. The van der Waals surface area contributed by atoms with Crippen molar-refractivity contribution in [2.75, 3.05) is 26.2 Å². The van der Waals surface area contributed by atoms with E-state index in [4.69, 9.17) is 5.11 Å². The molecule has 0 aromatic heterocycles. The van der Waals surface area contributed by atoms with E-state index in [1.54, 1.807) is 0 Å². The summed E-state index contributed by atoms with van der Waals surface area (Å²) in [5.74, 6) is -0.694. The van der Waals surface area contributed by atoms with Crippen molar-refractivity contribution in [1.82, 2.24) is 9.80 Å². The second-order valence-electron chi connectivity index (χ2n) is 5.60. The fourth-order valence-electron chi connectivity index (χ4n) is 2.82. The lowest BCUT2D eigenvalue weighted by Crippen LogP contribution is -2.51. The zero-order valence-corrected chi connectivity index (χ0v) is 12.2. The molecule has 0 saturated carbocycles. The zero-order chi connectivity index (χ0) is 14.4. The molecule has 1 aromatic rings. The lowest BCUT2D eigenvalue weighted by molar-refractivity contribution is -0.137. The molecule has 0 amide bonds. The highest BCUT2D eigenvalue weighted by Crippen LogP contribution is 2.13. The van der Waals surface area contributed by atoms with Gasteiger partial charge in [0.2, 0.25) is 0 Å².